The number of halogens is 1. The van der Waals surface area contributed by atoms with Crippen molar-refractivity contribution in [1.29, 1.82) is 0 Å². The Labute approximate surface area is 128 Å². The molecule has 106 valence electrons. The summed E-state index contributed by atoms with van der Waals surface area (Å²) in [5, 5.41) is 4.42. The van der Waals surface area contributed by atoms with Gasteiger partial charge in [-0.2, -0.15) is 5.10 Å². The van der Waals surface area contributed by atoms with E-state index in [1.165, 1.54) is 5.56 Å². The summed E-state index contributed by atoms with van der Waals surface area (Å²) in [5.74, 6) is 0.210. The van der Waals surface area contributed by atoms with Gasteiger partial charge < -0.3 is 0 Å². The minimum absolute atomic E-state index is 0.210. The molecule has 0 aliphatic heterocycles. The highest BCUT2D eigenvalue weighted by atomic mass is 79.9. The van der Waals surface area contributed by atoms with Crippen molar-refractivity contribution in [3.63, 3.8) is 0 Å². The van der Waals surface area contributed by atoms with E-state index in [-0.39, 0.29) is 5.78 Å². The van der Waals surface area contributed by atoms with Crippen molar-refractivity contribution < 1.29 is 4.79 Å². The molecule has 0 atom stereocenters. The van der Waals surface area contributed by atoms with Crippen LogP contribution in [0, 0.1) is 6.92 Å². The number of hydrogen-bond donors (Lipinski definition) is 0. The van der Waals surface area contributed by atoms with Crippen molar-refractivity contribution in [1.82, 2.24) is 9.78 Å². The molecule has 0 fully saturated rings. The van der Waals surface area contributed by atoms with E-state index in [0.29, 0.717) is 12.8 Å². The van der Waals surface area contributed by atoms with Crippen LogP contribution in [0.4, 0.5) is 0 Å². The Morgan fingerprint density at radius 2 is 2.10 bits per heavy atom. The molecule has 2 rings (SSSR count). The molecule has 0 saturated heterocycles. The minimum Gasteiger partial charge on any atom is -0.299 e. The summed E-state index contributed by atoms with van der Waals surface area (Å²) in [6, 6.07) is 8.10. The maximum absolute atomic E-state index is 12.2. The van der Waals surface area contributed by atoms with Gasteiger partial charge in [0.15, 0.2) is 0 Å². The van der Waals surface area contributed by atoms with Crippen molar-refractivity contribution >= 4 is 21.7 Å². The Hall–Kier alpha value is -1.42. The molecule has 0 aliphatic rings. The average Bonchev–Trinajstić information content (AvgIpc) is 2.66. The monoisotopic (exact) mass is 334 g/mol. The fourth-order valence-electron chi connectivity index (χ4n) is 2.31. The lowest BCUT2D eigenvalue weighted by Crippen LogP contribution is -2.10. The highest BCUT2D eigenvalue weighted by Crippen LogP contribution is 2.22. The number of ketones is 1. The van der Waals surface area contributed by atoms with E-state index >= 15 is 0 Å². The summed E-state index contributed by atoms with van der Waals surface area (Å²) in [5.41, 5.74) is 4.22. The van der Waals surface area contributed by atoms with Gasteiger partial charge >= 0.3 is 0 Å². The second kappa shape index (κ2) is 6.35. The summed E-state index contributed by atoms with van der Waals surface area (Å²) in [6.45, 7) is 4.10. The molecular weight excluding hydrogens is 316 g/mol. The van der Waals surface area contributed by atoms with Gasteiger partial charge in [0, 0.05) is 19.9 Å². The van der Waals surface area contributed by atoms with Gasteiger partial charge in [-0.05, 0) is 34.8 Å². The number of aromatic nitrogens is 2. The molecule has 0 amide bonds. The van der Waals surface area contributed by atoms with Crippen LogP contribution in [0.2, 0.25) is 0 Å². The number of hydrogen-bond acceptors (Lipinski definition) is 2. The molecule has 4 heteroatoms. The molecule has 2 aromatic rings. The molecule has 1 heterocycles. The molecule has 0 saturated carbocycles. The van der Waals surface area contributed by atoms with Crippen molar-refractivity contribution in [2.45, 2.75) is 33.1 Å². The molecule has 0 unspecified atom stereocenters. The number of benzene rings is 1. The third-order valence-electron chi connectivity index (χ3n) is 3.35. The molecule has 20 heavy (non-hydrogen) atoms. The summed E-state index contributed by atoms with van der Waals surface area (Å²) in [6.07, 6.45) is 1.75. The molecular formula is C16H19BrN2O. The first kappa shape index (κ1) is 15.0. The van der Waals surface area contributed by atoms with Crippen LogP contribution in [0.25, 0.3) is 0 Å². The second-order valence-electron chi connectivity index (χ2n) is 5.07. The van der Waals surface area contributed by atoms with E-state index in [2.05, 4.69) is 34.0 Å². The van der Waals surface area contributed by atoms with Gasteiger partial charge in [0.2, 0.25) is 0 Å². The SMILES string of the molecule is CCc1nn(C)c(CC(=O)Cc2cccc(C)c2)c1Br. The topological polar surface area (TPSA) is 34.9 Å². The van der Waals surface area contributed by atoms with Crippen LogP contribution in [0.3, 0.4) is 0 Å². The van der Waals surface area contributed by atoms with Gasteiger partial charge in [-0.15, -0.1) is 0 Å². The molecule has 3 nitrogen and oxygen atoms in total. The van der Waals surface area contributed by atoms with E-state index in [0.717, 1.165) is 27.8 Å². The number of nitrogens with zero attached hydrogens (tertiary/aromatic N) is 2. The van der Waals surface area contributed by atoms with Gasteiger partial charge in [-0.25, -0.2) is 0 Å². The largest absolute Gasteiger partial charge is 0.299 e. The first-order valence-electron chi connectivity index (χ1n) is 6.78. The number of aryl methyl sites for hydroxylation is 3. The number of Topliss-reactive ketones (excluding diaryl/α,β-unsaturated/α-hetero) is 1. The van der Waals surface area contributed by atoms with E-state index in [9.17, 15) is 4.79 Å². The Bertz CT molecular complexity index is 631. The molecule has 0 aliphatic carbocycles. The first-order chi connectivity index (χ1) is 9.51. The number of rotatable bonds is 5. The molecule has 0 spiro atoms. The molecule has 0 radical (unpaired) electrons. The van der Waals surface area contributed by atoms with Crippen molar-refractivity contribution in [2.24, 2.45) is 7.05 Å². The average molecular weight is 335 g/mol. The number of carbonyl (C=O) groups excluding carboxylic acids is 1. The molecule has 1 aromatic carbocycles. The number of carbonyl (C=O) groups is 1. The third-order valence-corrected chi connectivity index (χ3v) is 4.27. The van der Waals surface area contributed by atoms with Crippen LogP contribution in [-0.2, 0) is 31.1 Å². The van der Waals surface area contributed by atoms with E-state index in [1.54, 1.807) is 4.68 Å². The Morgan fingerprint density at radius 1 is 1.35 bits per heavy atom. The van der Waals surface area contributed by atoms with Crippen LogP contribution in [-0.4, -0.2) is 15.6 Å². The second-order valence-corrected chi connectivity index (χ2v) is 5.86. The van der Waals surface area contributed by atoms with Crippen LogP contribution in [0.15, 0.2) is 28.7 Å². The van der Waals surface area contributed by atoms with Crippen LogP contribution < -0.4 is 0 Å². The van der Waals surface area contributed by atoms with Crippen molar-refractivity contribution in [3.8, 4) is 0 Å². The minimum atomic E-state index is 0.210. The Morgan fingerprint density at radius 3 is 2.70 bits per heavy atom. The zero-order chi connectivity index (χ0) is 14.7. The summed E-state index contributed by atoms with van der Waals surface area (Å²) < 4.78 is 2.77. The first-order valence-corrected chi connectivity index (χ1v) is 7.58. The third kappa shape index (κ3) is 3.37. The zero-order valence-corrected chi connectivity index (χ0v) is 13.7. The van der Waals surface area contributed by atoms with Crippen molar-refractivity contribution in [2.75, 3.05) is 0 Å². The summed E-state index contributed by atoms with van der Waals surface area (Å²) >= 11 is 3.55. The lowest BCUT2D eigenvalue weighted by Gasteiger charge is -2.04. The van der Waals surface area contributed by atoms with Crippen LogP contribution in [0.5, 0.6) is 0 Å². The highest BCUT2D eigenvalue weighted by molar-refractivity contribution is 9.10. The Kier molecular flexibility index (Phi) is 4.76. The molecule has 0 N–H and O–H groups in total. The van der Waals surface area contributed by atoms with Crippen LogP contribution in [0.1, 0.15) is 29.4 Å². The molecule has 0 bridgehead atoms. The summed E-state index contributed by atoms with van der Waals surface area (Å²) in [7, 11) is 1.89. The predicted molar refractivity (Wildman–Crippen MR) is 83.9 cm³/mol. The van der Waals surface area contributed by atoms with E-state index in [1.807, 2.05) is 32.2 Å². The van der Waals surface area contributed by atoms with E-state index in [4.69, 9.17) is 0 Å². The predicted octanol–water partition coefficient (Wildman–Crippen LogP) is 3.41. The fraction of sp³-hybridized carbons (Fsp3) is 0.375. The van der Waals surface area contributed by atoms with Gasteiger partial charge in [-0.3, -0.25) is 9.48 Å². The van der Waals surface area contributed by atoms with Crippen molar-refractivity contribution in [3.05, 3.63) is 51.3 Å². The van der Waals surface area contributed by atoms with E-state index < -0.39 is 0 Å². The standard InChI is InChI=1S/C16H19BrN2O/c1-4-14-16(17)15(19(3)18-14)10-13(20)9-12-7-5-6-11(2)8-12/h5-8H,4,9-10H2,1-3H3. The zero-order valence-electron chi connectivity index (χ0n) is 12.1. The molecule has 1 aromatic heterocycles. The smallest absolute Gasteiger partial charge is 0.143 e. The van der Waals surface area contributed by atoms with Gasteiger partial charge in [-0.1, -0.05) is 36.8 Å². The maximum atomic E-state index is 12.2. The normalized spacial score (nSPS) is 10.8. The Balaban J connectivity index is 2.10. The van der Waals surface area contributed by atoms with Gasteiger partial charge in [0.25, 0.3) is 0 Å². The lowest BCUT2D eigenvalue weighted by atomic mass is 10.0. The van der Waals surface area contributed by atoms with Gasteiger partial charge in [0.1, 0.15) is 5.78 Å². The highest BCUT2D eigenvalue weighted by Gasteiger charge is 2.15. The fourth-order valence-corrected chi connectivity index (χ4v) is 3.07. The summed E-state index contributed by atoms with van der Waals surface area (Å²) in [4.78, 5) is 12.2. The maximum Gasteiger partial charge on any atom is 0.143 e. The van der Waals surface area contributed by atoms with Crippen LogP contribution >= 0.6 is 15.9 Å². The quantitative estimate of drug-likeness (QED) is 0.839. The lowest BCUT2D eigenvalue weighted by molar-refractivity contribution is -0.117. The van der Waals surface area contributed by atoms with Gasteiger partial charge in [0.05, 0.1) is 15.9 Å².